The Bertz CT molecular complexity index is 330. The number of carbonyl (C=O) groups excluding carboxylic acids is 4. The van der Waals surface area contributed by atoms with Crippen LogP contribution < -0.4 is 0 Å². The molecule has 2 aliphatic rings. The fraction of sp³-hybridized carbons (Fsp3) is 0.600. The lowest BCUT2D eigenvalue weighted by molar-refractivity contribution is -0.165. The van der Waals surface area contributed by atoms with Crippen LogP contribution in [0, 0.1) is 11.8 Å². The zero-order valence-electron chi connectivity index (χ0n) is 8.74. The SMILES string of the molecule is O=COC(=O)C1C2CCC(O2)C1C(=O)OC=O. The molecule has 0 spiro atoms. The first-order valence-corrected chi connectivity index (χ1v) is 5.12. The Balaban J connectivity index is 2.16. The zero-order chi connectivity index (χ0) is 12.4. The van der Waals surface area contributed by atoms with Crippen LogP contribution in [-0.4, -0.2) is 37.1 Å². The highest BCUT2D eigenvalue weighted by molar-refractivity contribution is 5.88. The van der Waals surface area contributed by atoms with E-state index in [0.717, 1.165) is 0 Å². The summed E-state index contributed by atoms with van der Waals surface area (Å²) in [6, 6.07) is 0. The van der Waals surface area contributed by atoms with E-state index in [1.54, 1.807) is 0 Å². The smallest absolute Gasteiger partial charge is 0.320 e. The molecule has 0 N–H and O–H groups in total. The van der Waals surface area contributed by atoms with Crippen molar-refractivity contribution < 1.29 is 33.4 Å². The largest absolute Gasteiger partial charge is 0.395 e. The quantitative estimate of drug-likeness (QED) is 0.361. The molecule has 7 heteroatoms. The van der Waals surface area contributed by atoms with Crippen molar-refractivity contribution in [1.29, 1.82) is 0 Å². The number of rotatable bonds is 4. The zero-order valence-corrected chi connectivity index (χ0v) is 8.74. The van der Waals surface area contributed by atoms with E-state index in [1.165, 1.54) is 0 Å². The third kappa shape index (κ3) is 1.93. The first-order valence-electron chi connectivity index (χ1n) is 5.12. The van der Waals surface area contributed by atoms with Gasteiger partial charge < -0.3 is 14.2 Å². The van der Waals surface area contributed by atoms with Crippen LogP contribution in [0.1, 0.15) is 12.8 Å². The Morgan fingerprint density at radius 3 is 1.71 bits per heavy atom. The molecular weight excluding hydrogens is 232 g/mol. The highest BCUT2D eigenvalue weighted by atomic mass is 16.6. The van der Waals surface area contributed by atoms with Gasteiger partial charge in [0.15, 0.2) is 0 Å². The predicted octanol–water partition coefficient (Wildman–Crippen LogP) is -0.821. The third-order valence-electron chi connectivity index (χ3n) is 3.15. The van der Waals surface area contributed by atoms with E-state index < -0.39 is 36.0 Å². The molecule has 2 fully saturated rings. The van der Waals surface area contributed by atoms with Crippen LogP contribution in [0.2, 0.25) is 0 Å². The lowest BCUT2D eigenvalue weighted by Gasteiger charge is -2.22. The van der Waals surface area contributed by atoms with Crippen LogP contribution in [0.3, 0.4) is 0 Å². The average Bonchev–Trinajstić information content (AvgIpc) is 2.89. The normalized spacial score (nSPS) is 34.1. The monoisotopic (exact) mass is 242 g/mol. The molecule has 0 radical (unpaired) electrons. The minimum atomic E-state index is -0.869. The van der Waals surface area contributed by atoms with Gasteiger partial charge in [-0.05, 0) is 12.8 Å². The number of ether oxygens (including phenoxy) is 3. The second-order valence-corrected chi connectivity index (χ2v) is 3.91. The van der Waals surface area contributed by atoms with Gasteiger partial charge in [0.05, 0.1) is 24.0 Å². The highest BCUT2D eigenvalue weighted by Crippen LogP contribution is 2.44. The van der Waals surface area contributed by atoms with Crippen molar-refractivity contribution in [2.45, 2.75) is 25.0 Å². The van der Waals surface area contributed by atoms with Crippen molar-refractivity contribution in [1.82, 2.24) is 0 Å². The van der Waals surface area contributed by atoms with Gasteiger partial charge in [-0.3, -0.25) is 19.2 Å². The predicted molar refractivity (Wildman–Crippen MR) is 49.2 cm³/mol. The van der Waals surface area contributed by atoms with E-state index >= 15 is 0 Å². The molecule has 0 aliphatic carbocycles. The van der Waals surface area contributed by atoms with Gasteiger partial charge in [-0.2, -0.15) is 0 Å². The first kappa shape index (κ1) is 11.7. The van der Waals surface area contributed by atoms with Crippen LogP contribution in [0.4, 0.5) is 0 Å². The van der Waals surface area contributed by atoms with Crippen molar-refractivity contribution in [3.05, 3.63) is 0 Å². The lowest BCUT2D eigenvalue weighted by atomic mass is 9.79. The van der Waals surface area contributed by atoms with Crippen molar-refractivity contribution in [2.75, 3.05) is 0 Å². The van der Waals surface area contributed by atoms with Crippen molar-refractivity contribution in [2.24, 2.45) is 11.8 Å². The summed E-state index contributed by atoms with van der Waals surface area (Å²) in [6.07, 6.45) is 0.343. The van der Waals surface area contributed by atoms with Gasteiger partial charge >= 0.3 is 24.9 Å². The molecule has 4 atom stereocenters. The highest BCUT2D eigenvalue weighted by Gasteiger charge is 2.57. The molecule has 2 rings (SSSR count). The Morgan fingerprint density at radius 1 is 0.941 bits per heavy atom. The van der Waals surface area contributed by atoms with Gasteiger partial charge in [-0.25, -0.2) is 0 Å². The molecule has 0 amide bonds. The number of hydrogen-bond acceptors (Lipinski definition) is 7. The standard InChI is InChI=1S/C10H10O7/c11-3-15-9(13)7-5-1-2-6(17-5)8(7)10(14)16-4-12/h3-8H,1-2H2. The van der Waals surface area contributed by atoms with E-state index in [-0.39, 0.29) is 12.9 Å². The Hall–Kier alpha value is -1.76. The van der Waals surface area contributed by atoms with Crippen LogP contribution >= 0.6 is 0 Å². The summed E-state index contributed by atoms with van der Waals surface area (Å²) >= 11 is 0. The summed E-state index contributed by atoms with van der Waals surface area (Å²) in [7, 11) is 0. The maximum Gasteiger partial charge on any atom is 0.320 e. The van der Waals surface area contributed by atoms with E-state index in [1.807, 2.05) is 0 Å². The Labute approximate surface area is 96.0 Å². The average molecular weight is 242 g/mol. The molecular formula is C10H10O7. The molecule has 4 unspecified atom stereocenters. The summed E-state index contributed by atoms with van der Waals surface area (Å²) in [5, 5.41) is 0. The molecule has 2 aliphatic heterocycles. The van der Waals surface area contributed by atoms with Gasteiger partial charge in [0.1, 0.15) is 0 Å². The molecule has 7 nitrogen and oxygen atoms in total. The van der Waals surface area contributed by atoms with Gasteiger partial charge in [0.2, 0.25) is 0 Å². The van der Waals surface area contributed by atoms with Crippen molar-refractivity contribution in [3.8, 4) is 0 Å². The third-order valence-corrected chi connectivity index (χ3v) is 3.15. The summed E-state index contributed by atoms with van der Waals surface area (Å²) in [5.74, 6) is -3.38. The molecule has 0 saturated carbocycles. The molecule has 2 bridgehead atoms. The summed E-state index contributed by atoms with van der Waals surface area (Å²) in [4.78, 5) is 43.3. The van der Waals surface area contributed by atoms with E-state index in [0.29, 0.717) is 12.8 Å². The second-order valence-electron chi connectivity index (χ2n) is 3.91. The van der Waals surface area contributed by atoms with Crippen LogP contribution in [0.5, 0.6) is 0 Å². The summed E-state index contributed by atoms with van der Waals surface area (Å²) < 4.78 is 13.9. The molecule has 2 heterocycles. The van der Waals surface area contributed by atoms with Gasteiger partial charge in [-0.1, -0.05) is 0 Å². The number of fused-ring (bicyclic) bond motifs is 2. The van der Waals surface area contributed by atoms with Gasteiger partial charge in [0, 0.05) is 0 Å². The van der Waals surface area contributed by atoms with Gasteiger partial charge in [0.25, 0.3) is 0 Å². The molecule has 0 aromatic heterocycles. The topological polar surface area (TPSA) is 96.0 Å². The van der Waals surface area contributed by atoms with Crippen LogP contribution in [0.15, 0.2) is 0 Å². The van der Waals surface area contributed by atoms with Crippen LogP contribution in [0.25, 0.3) is 0 Å². The minimum Gasteiger partial charge on any atom is -0.395 e. The van der Waals surface area contributed by atoms with Crippen LogP contribution in [-0.2, 0) is 33.4 Å². The molecule has 2 saturated heterocycles. The number of carbonyl (C=O) groups is 4. The van der Waals surface area contributed by atoms with E-state index in [9.17, 15) is 19.2 Å². The van der Waals surface area contributed by atoms with Crippen molar-refractivity contribution in [3.63, 3.8) is 0 Å². The summed E-state index contributed by atoms with van der Waals surface area (Å²) in [6.45, 7) is 0.0207. The van der Waals surface area contributed by atoms with E-state index in [2.05, 4.69) is 9.47 Å². The lowest BCUT2D eigenvalue weighted by Crippen LogP contribution is -2.39. The Kier molecular flexibility index (Phi) is 3.19. The summed E-state index contributed by atoms with van der Waals surface area (Å²) in [5.41, 5.74) is 0. The maximum absolute atomic E-state index is 11.5. The first-order chi connectivity index (χ1) is 8.19. The number of esters is 2. The molecule has 92 valence electrons. The fourth-order valence-corrected chi connectivity index (χ4v) is 2.53. The Morgan fingerprint density at radius 2 is 1.35 bits per heavy atom. The van der Waals surface area contributed by atoms with Gasteiger partial charge in [-0.15, -0.1) is 0 Å². The van der Waals surface area contributed by atoms with E-state index in [4.69, 9.17) is 4.74 Å². The van der Waals surface area contributed by atoms with Crippen molar-refractivity contribution >= 4 is 24.9 Å². The maximum atomic E-state index is 11.5. The fourth-order valence-electron chi connectivity index (χ4n) is 2.53. The molecule has 0 aromatic rings. The molecule has 0 aromatic carbocycles. The number of hydrogen-bond donors (Lipinski definition) is 0. The molecule has 17 heavy (non-hydrogen) atoms. The second kappa shape index (κ2) is 4.62. The minimum absolute atomic E-state index is 0.0104.